The lowest BCUT2D eigenvalue weighted by atomic mass is 9.95. The molecule has 2 saturated heterocycles. The molecule has 2 fully saturated rings. The van der Waals surface area contributed by atoms with E-state index in [2.05, 4.69) is 43.9 Å². The Kier molecular flexibility index (Phi) is 6.65. The Morgan fingerprint density at radius 3 is 2.42 bits per heavy atom. The Balaban J connectivity index is 1.32. The van der Waals surface area contributed by atoms with E-state index in [-0.39, 0.29) is 17.4 Å². The van der Waals surface area contributed by atoms with Crippen LogP contribution in [0, 0.1) is 18.7 Å². The van der Waals surface area contributed by atoms with Crippen LogP contribution in [0.4, 0.5) is 20.3 Å². The summed E-state index contributed by atoms with van der Waals surface area (Å²) < 4.78 is 56.3. The fraction of sp³-hybridized carbons (Fsp3) is 0.385. The average molecular weight is 514 g/mol. The molecule has 0 spiro atoms. The third-order valence-corrected chi connectivity index (χ3v) is 8.68. The number of piperidine rings is 1. The summed E-state index contributed by atoms with van der Waals surface area (Å²) >= 11 is 0. The highest BCUT2D eigenvalue weighted by molar-refractivity contribution is 7.92. The first-order valence-electron chi connectivity index (χ1n) is 12.1. The second-order valence-electron chi connectivity index (χ2n) is 9.62. The SMILES string of the molecule is Cc1c(N(C)C2C[C@H]3CC[C@@H](C2)N3Cc2ccccc2)cnc(S(=O)(=O)Nc2cccc(F)n2)c1F. The highest BCUT2D eigenvalue weighted by atomic mass is 32.2. The molecule has 3 atom stereocenters. The highest BCUT2D eigenvalue weighted by Crippen LogP contribution is 2.40. The number of pyridine rings is 2. The van der Waals surface area contributed by atoms with Crippen LogP contribution in [0.1, 0.15) is 36.8 Å². The average Bonchev–Trinajstić information content (AvgIpc) is 3.07. The van der Waals surface area contributed by atoms with Gasteiger partial charge in [0.2, 0.25) is 11.0 Å². The van der Waals surface area contributed by atoms with E-state index in [1.54, 1.807) is 6.92 Å². The van der Waals surface area contributed by atoms with Crippen LogP contribution in [-0.4, -0.2) is 48.5 Å². The molecule has 1 N–H and O–H groups in total. The molecule has 2 aliphatic rings. The van der Waals surface area contributed by atoms with Crippen molar-refractivity contribution in [3.05, 3.63) is 77.6 Å². The van der Waals surface area contributed by atoms with Crippen LogP contribution in [0.2, 0.25) is 0 Å². The molecule has 2 aromatic heterocycles. The van der Waals surface area contributed by atoms with Gasteiger partial charge in [-0.25, -0.2) is 14.4 Å². The zero-order valence-corrected chi connectivity index (χ0v) is 21.0. The number of halogens is 2. The van der Waals surface area contributed by atoms with E-state index >= 15 is 4.39 Å². The van der Waals surface area contributed by atoms with Gasteiger partial charge in [-0.05, 0) is 50.3 Å². The van der Waals surface area contributed by atoms with E-state index in [4.69, 9.17) is 0 Å². The van der Waals surface area contributed by atoms with Gasteiger partial charge in [-0.2, -0.15) is 12.8 Å². The second-order valence-corrected chi connectivity index (χ2v) is 11.2. The number of anilines is 2. The summed E-state index contributed by atoms with van der Waals surface area (Å²) in [5.74, 6) is -2.01. The van der Waals surface area contributed by atoms with Gasteiger partial charge >= 0.3 is 0 Å². The van der Waals surface area contributed by atoms with Gasteiger partial charge in [-0.3, -0.25) is 9.62 Å². The van der Waals surface area contributed by atoms with Crippen molar-refractivity contribution < 1.29 is 17.2 Å². The fourth-order valence-corrected chi connectivity index (χ4v) is 6.62. The molecule has 5 rings (SSSR count). The summed E-state index contributed by atoms with van der Waals surface area (Å²) in [6.45, 7) is 2.49. The van der Waals surface area contributed by atoms with Crippen molar-refractivity contribution in [2.24, 2.45) is 0 Å². The Labute approximate surface area is 210 Å². The Bertz CT molecular complexity index is 1340. The molecule has 4 heterocycles. The number of hydrogen-bond donors (Lipinski definition) is 1. The van der Waals surface area contributed by atoms with Gasteiger partial charge in [0, 0.05) is 37.3 Å². The number of nitrogens with zero attached hydrogens (tertiary/aromatic N) is 4. The van der Waals surface area contributed by atoms with Crippen molar-refractivity contribution in [2.45, 2.75) is 62.3 Å². The normalized spacial score (nSPS) is 21.9. The zero-order valence-electron chi connectivity index (χ0n) is 20.2. The molecule has 0 aliphatic carbocycles. The maximum atomic E-state index is 15.3. The number of benzene rings is 1. The molecule has 0 radical (unpaired) electrons. The maximum Gasteiger partial charge on any atom is 0.283 e. The smallest absolute Gasteiger partial charge is 0.283 e. The molecule has 2 aliphatic heterocycles. The molecular formula is C26H29F2N5O2S. The van der Waals surface area contributed by atoms with Gasteiger partial charge in [0.05, 0.1) is 11.9 Å². The maximum absolute atomic E-state index is 15.3. The molecule has 7 nitrogen and oxygen atoms in total. The predicted octanol–water partition coefficient (Wildman–Crippen LogP) is 4.50. The van der Waals surface area contributed by atoms with Crippen molar-refractivity contribution in [1.29, 1.82) is 0 Å². The molecule has 190 valence electrons. The van der Waals surface area contributed by atoms with Gasteiger partial charge in [0.25, 0.3) is 10.0 Å². The quantitative estimate of drug-likeness (QED) is 0.469. The largest absolute Gasteiger partial charge is 0.370 e. The van der Waals surface area contributed by atoms with Gasteiger partial charge in [-0.1, -0.05) is 36.4 Å². The first kappa shape index (κ1) is 24.6. The number of sulfonamides is 1. The predicted molar refractivity (Wildman–Crippen MR) is 134 cm³/mol. The minimum absolute atomic E-state index is 0.200. The number of aromatic nitrogens is 2. The summed E-state index contributed by atoms with van der Waals surface area (Å²) in [5, 5.41) is -0.735. The summed E-state index contributed by atoms with van der Waals surface area (Å²) in [6, 6.07) is 15.3. The standard InChI is InChI=1S/C26H29F2N5O2S/c1-17-22(15-29-26(25(17)28)36(34,35)31-24-10-6-9-23(27)30-24)32(2)21-13-19-11-12-20(14-21)33(19)16-18-7-4-3-5-8-18/h3-10,15,19-21H,11-14,16H2,1-2H3,(H,30,31)/t19-,20+,21?. The van der Waals surface area contributed by atoms with Crippen LogP contribution in [0.3, 0.4) is 0 Å². The third-order valence-electron chi connectivity index (χ3n) is 7.41. The van der Waals surface area contributed by atoms with Gasteiger partial charge in [0.15, 0.2) is 5.82 Å². The van der Waals surface area contributed by atoms with Crippen molar-refractivity contribution in [3.8, 4) is 0 Å². The summed E-state index contributed by atoms with van der Waals surface area (Å²) in [7, 11) is -2.47. The van der Waals surface area contributed by atoms with Crippen LogP contribution >= 0.6 is 0 Å². The Morgan fingerprint density at radius 2 is 1.75 bits per heavy atom. The number of hydrogen-bond acceptors (Lipinski definition) is 6. The summed E-state index contributed by atoms with van der Waals surface area (Å²) in [6.07, 6.45) is 5.60. The molecule has 36 heavy (non-hydrogen) atoms. The lowest BCUT2D eigenvalue weighted by Gasteiger charge is -2.43. The monoisotopic (exact) mass is 513 g/mol. The first-order chi connectivity index (χ1) is 17.2. The first-order valence-corrected chi connectivity index (χ1v) is 13.5. The molecule has 0 saturated carbocycles. The molecule has 0 amide bonds. The van der Waals surface area contributed by atoms with E-state index in [0.29, 0.717) is 17.8 Å². The zero-order chi connectivity index (χ0) is 25.4. The Hall–Kier alpha value is -3.11. The topological polar surface area (TPSA) is 78.4 Å². The van der Waals surface area contributed by atoms with Crippen LogP contribution in [-0.2, 0) is 16.6 Å². The molecule has 2 bridgehead atoms. The fourth-order valence-electron chi connectivity index (χ4n) is 5.55. The third kappa shape index (κ3) is 4.79. The highest BCUT2D eigenvalue weighted by Gasteiger charge is 2.42. The van der Waals surface area contributed by atoms with Crippen molar-refractivity contribution in [3.63, 3.8) is 0 Å². The van der Waals surface area contributed by atoms with E-state index in [1.807, 2.05) is 18.0 Å². The van der Waals surface area contributed by atoms with E-state index in [1.165, 1.54) is 23.9 Å². The second kappa shape index (κ2) is 9.74. The lowest BCUT2D eigenvalue weighted by Crippen LogP contribution is -2.49. The number of rotatable bonds is 7. The van der Waals surface area contributed by atoms with E-state index in [0.717, 1.165) is 38.3 Å². The van der Waals surface area contributed by atoms with Crippen molar-refractivity contribution in [1.82, 2.24) is 14.9 Å². The lowest BCUT2D eigenvalue weighted by molar-refractivity contribution is 0.118. The van der Waals surface area contributed by atoms with Gasteiger partial charge in [0.1, 0.15) is 5.82 Å². The van der Waals surface area contributed by atoms with E-state index in [9.17, 15) is 12.8 Å². The Morgan fingerprint density at radius 1 is 1.06 bits per heavy atom. The molecule has 10 heteroatoms. The van der Waals surface area contributed by atoms with Gasteiger partial charge < -0.3 is 4.90 Å². The van der Waals surface area contributed by atoms with Crippen LogP contribution in [0.15, 0.2) is 59.8 Å². The molecule has 1 aromatic carbocycles. The minimum Gasteiger partial charge on any atom is -0.370 e. The van der Waals surface area contributed by atoms with Gasteiger partial charge in [-0.15, -0.1) is 0 Å². The van der Waals surface area contributed by atoms with E-state index < -0.39 is 26.8 Å². The van der Waals surface area contributed by atoms with Crippen LogP contribution < -0.4 is 9.62 Å². The number of fused-ring (bicyclic) bond motifs is 2. The molecule has 1 unspecified atom stereocenters. The molecular weight excluding hydrogens is 484 g/mol. The molecule has 3 aromatic rings. The van der Waals surface area contributed by atoms with Crippen molar-refractivity contribution >= 4 is 21.5 Å². The summed E-state index contributed by atoms with van der Waals surface area (Å²) in [5.41, 5.74) is 2.08. The van der Waals surface area contributed by atoms with Crippen molar-refractivity contribution in [2.75, 3.05) is 16.7 Å². The minimum atomic E-state index is -4.39. The van der Waals surface area contributed by atoms with Crippen LogP contribution in [0.25, 0.3) is 0 Å². The number of nitrogens with one attached hydrogen (secondary N) is 1. The summed E-state index contributed by atoms with van der Waals surface area (Å²) in [4.78, 5) is 12.1. The van der Waals surface area contributed by atoms with Crippen LogP contribution in [0.5, 0.6) is 0 Å².